The van der Waals surface area contributed by atoms with Gasteiger partial charge in [-0.15, -0.1) is 11.3 Å². The summed E-state index contributed by atoms with van der Waals surface area (Å²) in [5, 5.41) is 12.1. The molecule has 0 aromatic carbocycles. The molecule has 8 heteroatoms. The fourth-order valence-electron chi connectivity index (χ4n) is 2.48. The van der Waals surface area contributed by atoms with Crippen molar-refractivity contribution in [1.82, 2.24) is 5.32 Å². The van der Waals surface area contributed by atoms with Crippen LogP contribution in [0.5, 0.6) is 0 Å². The Hall–Kier alpha value is -0.910. The Bertz CT molecular complexity index is 628. The molecule has 2 rings (SSSR count). The monoisotopic (exact) mass is 462 g/mol. The van der Waals surface area contributed by atoms with Gasteiger partial charge in [-0.1, -0.05) is 19.3 Å². The zero-order valence-corrected chi connectivity index (χ0v) is 16.5. The minimum absolute atomic E-state index is 0.399. The zero-order chi connectivity index (χ0) is 17.0. The number of halogens is 2. The summed E-state index contributed by atoms with van der Waals surface area (Å²) >= 11 is 7.84. The largest absolute Gasteiger partial charge is 0.448 e. The average Bonchev–Trinajstić information content (AvgIpc) is 2.87. The molecule has 0 aliphatic heterocycles. The summed E-state index contributed by atoms with van der Waals surface area (Å²) in [7, 11) is 0. The van der Waals surface area contributed by atoms with Crippen molar-refractivity contribution in [3.63, 3.8) is 0 Å². The van der Waals surface area contributed by atoms with Gasteiger partial charge in [0.05, 0.1) is 9.86 Å². The third-order valence-electron chi connectivity index (χ3n) is 3.78. The zero-order valence-electron chi connectivity index (χ0n) is 12.5. The van der Waals surface area contributed by atoms with Crippen molar-refractivity contribution in [3.05, 3.63) is 19.2 Å². The molecule has 1 aromatic rings. The fraction of sp³-hybridized carbons (Fsp3) is 0.533. The maximum absolute atomic E-state index is 12.3. The number of ether oxygens (including phenoxy) is 1. The highest BCUT2D eigenvalue weighted by Gasteiger charge is 2.35. The van der Waals surface area contributed by atoms with Crippen LogP contribution in [0.2, 0.25) is 0 Å². The van der Waals surface area contributed by atoms with E-state index in [2.05, 4.69) is 43.2 Å². The number of nitrogens with zero attached hydrogens (tertiary/aromatic N) is 1. The predicted molar refractivity (Wildman–Crippen MR) is 94.2 cm³/mol. The van der Waals surface area contributed by atoms with Crippen molar-refractivity contribution >= 4 is 55.1 Å². The van der Waals surface area contributed by atoms with Gasteiger partial charge in [0.2, 0.25) is 0 Å². The summed E-state index contributed by atoms with van der Waals surface area (Å²) in [6.07, 6.45) is 3.24. The number of carbonyl (C=O) groups is 2. The fourth-order valence-corrected chi connectivity index (χ4v) is 4.40. The molecule has 1 aliphatic rings. The molecule has 0 bridgehead atoms. The van der Waals surface area contributed by atoms with E-state index in [1.54, 1.807) is 6.07 Å². The van der Waals surface area contributed by atoms with Crippen LogP contribution in [0.25, 0.3) is 0 Å². The summed E-state index contributed by atoms with van der Waals surface area (Å²) in [4.78, 5) is 24.7. The van der Waals surface area contributed by atoms with E-state index >= 15 is 0 Å². The number of esters is 1. The number of hydrogen-bond acceptors (Lipinski definition) is 5. The highest BCUT2D eigenvalue weighted by molar-refractivity contribution is 9.13. The lowest BCUT2D eigenvalue weighted by atomic mass is 9.83. The third-order valence-corrected chi connectivity index (χ3v) is 7.02. The molecule has 0 spiro atoms. The Morgan fingerprint density at radius 3 is 2.57 bits per heavy atom. The molecule has 23 heavy (non-hydrogen) atoms. The van der Waals surface area contributed by atoms with Crippen LogP contribution in [0, 0.1) is 11.3 Å². The quantitative estimate of drug-likeness (QED) is 0.679. The molecule has 0 radical (unpaired) electrons. The Balaban J connectivity index is 1.97. The first-order valence-corrected chi connectivity index (χ1v) is 9.66. The van der Waals surface area contributed by atoms with Crippen molar-refractivity contribution in [2.24, 2.45) is 0 Å². The van der Waals surface area contributed by atoms with Crippen molar-refractivity contribution in [2.45, 2.75) is 50.7 Å². The number of hydrogen-bond donors (Lipinski definition) is 1. The average molecular weight is 464 g/mol. The van der Waals surface area contributed by atoms with Crippen LogP contribution in [0.3, 0.4) is 0 Å². The molecule has 1 atom stereocenters. The van der Waals surface area contributed by atoms with Crippen LogP contribution < -0.4 is 5.32 Å². The third kappa shape index (κ3) is 4.55. The van der Waals surface area contributed by atoms with Gasteiger partial charge in [0.15, 0.2) is 6.10 Å². The van der Waals surface area contributed by atoms with Gasteiger partial charge >= 0.3 is 5.97 Å². The van der Waals surface area contributed by atoms with Gasteiger partial charge in [0, 0.05) is 4.47 Å². The van der Waals surface area contributed by atoms with Crippen LogP contribution in [0.1, 0.15) is 48.7 Å². The molecule has 1 N–H and O–H groups in total. The van der Waals surface area contributed by atoms with Crippen molar-refractivity contribution < 1.29 is 14.3 Å². The minimum Gasteiger partial charge on any atom is -0.448 e. The number of amides is 1. The lowest BCUT2D eigenvalue weighted by Crippen LogP contribution is -2.52. The van der Waals surface area contributed by atoms with Gasteiger partial charge in [-0.05, 0) is 57.7 Å². The van der Waals surface area contributed by atoms with E-state index in [1.165, 1.54) is 18.3 Å². The van der Waals surface area contributed by atoms with Crippen molar-refractivity contribution in [1.29, 1.82) is 5.26 Å². The maximum Gasteiger partial charge on any atom is 0.349 e. The molecule has 1 amide bonds. The van der Waals surface area contributed by atoms with E-state index in [9.17, 15) is 14.9 Å². The lowest BCUT2D eigenvalue weighted by molar-refractivity contribution is -0.130. The molecule has 124 valence electrons. The van der Waals surface area contributed by atoms with E-state index in [0.29, 0.717) is 17.7 Å². The molecule has 1 saturated carbocycles. The van der Waals surface area contributed by atoms with Crippen LogP contribution in [0.15, 0.2) is 14.3 Å². The van der Waals surface area contributed by atoms with Crippen LogP contribution >= 0.6 is 43.2 Å². The van der Waals surface area contributed by atoms with E-state index in [4.69, 9.17) is 4.74 Å². The molecule has 0 saturated heterocycles. The normalized spacial score (nSPS) is 17.8. The second kappa shape index (κ2) is 7.77. The van der Waals surface area contributed by atoms with Gasteiger partial charge in [-0.2, -0.15) is 5.26 Å². The first kappa shape index (κ1) is 18.4. The summed E-state index contributed by atoms with van der Waals surface area (Å²) in [6.45, 7) is 1.51. The van der Waals surface area contributed by atoms with Crippen LogP contribution in [0.4, 0.5) is 0 Å². The van der Waals surface area contributed by atoms with Crippen LogP contribution in [-0.2, 0) is 9.53 Å². The molecular formula is C15H16Br2N2O3S. The van der Waals surface area contributed by atoms with Crippen molar-refractivity contribution in [3.8, 4) is 6.07 Å². The summed E-state index contributed by atoms with van der Waals surface area (Å²) in [5.41, 5.74) is -0.828. The molecule has 5 nitrogen and oxygen atoms in total. The first-order chi connectivity index (χ1) is 10.9. The molecular weight excluding hydrogens is 448 g/mol. The van der Waals surface area contributed by atoms with Gasteiger partial charge < -0.3 is 10.1 Å². The van der Waals surface area contributed by atoms with Gasteiger partial charge in [-0.3, -0.25) is 4.79 Å². The number of thiophene rings is 1. The summed E-state index contributed by atoms with van der Waals surface area (Å²) in [6, 6.07) is 3.85. The molecule has 1 aromatic heterocycles. The molecule has 1 heterocycles. The van der Waals surface area contributed by atoms with E-state index in [0.717, 1.165) is 27.5 Å². The first-order valence-electron chi connectivity index (χ1n) is 7.26. The lowest BCUT2D eigenvalue weighted by Gasteiger charge is -2.32. The Morgan fingerprint density at radius 1 is 1.39 bits per heavy atom. The molecule has 1 aliphatic carbocycles. The minimum atomic E-state index is -0.950. The van der Waals surface area contributed by atoms with E-state index in [-0.39, 0.29) is 0 Å². The SMILES string of the molecule is CC(OC(=O)c1cc(Br)c(Br)s1)C(=O)NC1(C#N)CCCCC1. The second-order valence-electron chi connectivity index (χ2n) is 5.52. The number of nitriles is 1. The van der Waals surface area contributed by atoms with Crippen LogP contribution in [-0.4, -0.2) is 23.5 Å². The molecule has 1 fully saturated rings. The predicted octanol–water partition coefficient (Wildman–Crippen LogP) is 4.16. The summed E-state index contributed by atoms with van der Waals surface area (Å²) < 4.78 is 6.75. The number of nitrogens with one attached hydrogen (secondary N) is 1. The Kier molecular flexibility index (Phi) is 6.23. The maximum atomic E-state index is 12.3. The topological polar surface area (TPSA) is 79.2 Å². The highest BCUT2D eigenvalue weighted by atomic mass is 79.9. The highest BCUT2D eigenvalue weighted by Crippen LogP contribution is 2.33. The van der Waals surface area contributed by atoms with E-state index in [1.807, 2.05) is 0 Å². The second-order valence-corrected chi connectivity index (χ2v) is 8.75. The van der Waals surface area contributed by atoms with Gasteiger partial charge in [0.1, 0.15) is 10.4 Å². The molecule has 1 unspecified atom stereocenters. The number of carbonyl (C=O) groups excluding carboxylic acids is 2. The van der Waals surface area contributed by atoms with E-state index < -0.39 is 23.5 Å². The smallest absolute Gasteiger partial charge is 0.349 e. The Labute approximate surface area is 155 Å². The van der Waals surface area contributed by atoms with Gasteiger partial charge in [-0.25, -0.2) is 4.79 Å². The standard InChI is InChI=1S/C15H16Br2N2O3S/c1-9(22-14(21)11-7-10(16)12(17)23-11)13(20)19-15(8-18)5-3-2-4-6-15/h7,9H,2-6H2,1H3,(H,19,20). The number of rotatable bonds is 4. The Morgan fingerprint density at radius 2 is 2.04 bits per heavy atom. The summed E-state index contributed by atoms with van der Waals surface area (Å²) in [5.74, 6) is -0.991. The van der Waals surface area contributed by atoms with Gasteiger partial charge in [0.25, 0.3) is 5.91 Å². The van der Waals surface area contributed by atoms with Crippen molar-refractivity contribution in [2.75, 3.05) is 0 Å².